The van der Waals surface area contributed by atoms with Gasteiger partial charge in [0.2, 0.25) is 10.0 Å². The molecule has 0 aliphatic carbocycles. The van der Waals surface area contributed by atoms with Crippen molar-refractivity contribution in [2.24, 2.45) is 0 Å². The maximum Gasteiger partial charge on any atom is 0.271 e. The highest BCUT2D eigenvalue weighted by Crippen LogP contribution is 2.34. The summed E-state index contributed by atoms with van der Waals surface area (Å²) < 4.78 is 51.6. The number of nitro groups is 1. The number of benzene rings is 3. The van der Waals surface area contributed by atoms with Crippen LogP contribution in [0.4, 0.5) is 10.1 Å². The van der Waals surface area contributed by atoms with E-state index in [9.17, 15) is 27.7 Å². The first-order chi connectivity index (χ1) is 16.3. The molecule has 0 saturated carbocycles. The number of ether oxygens (including phenoxy) is 2. The highest BCUT2D eigenvalue weighted by molar-refractivity contribution is 7.89. The van der Waals surface area contributed by atoms with Gasteiger partial charge in [-0.1, -0.05) is 0 Å². The van der Waals surface area contributed by atoms with E-state index in [1.54, 1.807) is 0 Å². The molecule has 0 unspecified atom stereocenters. The van der Waals surface area contributed by atoms with Crippen molar-refractivity contribution in [3.8, 4) is 11.5 Å². The van der Waals surface area contributed by atoms with Gasteiger partial charge >= 0.3 is 0 Å². The van der Waals surface area contributed by atoms with Crippen LogP contribution in [0.1, 0.15) is 15.9 Å². The zero-order valence-electron chi connectivity index (χ0n) is 17.7. The highest BCUT2D eigenvalue weighted by Gasteiger charge is 2.31. The average Bonchev–Trinajstić information content (AvgIpc) is 2.85. The molecule has 0 amide bonds. The molecule has 1 aliphatic rings. The van der Waals surface area contributed by atoms with Gasteiger partial charge in [0.1, 0.15) is 22.2 Å². The predicted octanol–water partition coefficient (Wildman–Crippen LogP) is 3.78. The van der Waals surface area contributed by atoms with Gasteiger partial charge in [-0.05, 0) is 54.6 Å². The van der Waals surface area contributed by atoms with Crippen molar-refractivity contribution < 1.29 is 32.0 Å². The van der Waals surface area contributed by atoms with Gasteiger partial charge in [-0.25, -0.2) is 12.8 Å². The van der Waals surface area contributed by atoms with Crippen LogP contribution in [0, 0.1) is 15.9 Å². The van der Waals surface area contributed by atoms with Crippen molar-refractivity contribution in [1.29, 1.82) is 0 Å². The Kier molecular flexibility index (Phi) is 6.68. The summed E-state index contributed by atoms with van der Waals surface area (Å²) in [7, 11) is -4.09. The minimum absolute atomic E-state index is 0.0882. The van der Waals surface area contributed by atoms with Crippen LogP contribution in [0.25, 0.3) is 0 Å². The highest BCUT2D eigenvalue weighted by atomic mass is 32.2. The van der Waals surface area contributed by atoms with Crippen LogP contribution in [0.15, 0.2) is 71.6 Å². The minimum Gasteiger partial charge on any atom is -0.456 e. The van der Waals surface area contributed by atoms with Gasteiger partial charge in [0.05, 0.1) is 18.1 Å². The summed E-state index contributed by atoms with van der Waals surface area (Å²) in [4.78, 5) is 22.8. The second-order valence-corrected chi connectivity index (χ2v) is 9.27. The first-order valence-electron chi connectivity index (χ1n) is 10.2. The molecule has 176 valence electrons. The van der Waals surface area contributed by atoms with E-state index in [1.807, 2.05) is 0 Å². The van der Waals surface area contributed by atoms with Crippen molar-refractivity contribution in [2.75, 3.05) is 26.3 Å². The van der Waals surface area contributed by atoms with Gasteiger partial charge in [-0.2, -0.15) is 4.31 Å². The lowest BCUT2D eigenvalue weighted by Gasteiger charge is -2.26. The lowest BCUT2D eigenvalue weighted by Crippen LogP contribution is -2.40. The van der Waals surface area contributed by atoms with Gasteiger partial charge in [0.25, 0.3) is 5.69 Å². The maximum atomic E-state index is 13.2. The number of morpholine rings is 1. The number of carbonyl (C=O) groups excluding carboxylic acids is 1. The van der Waals surface area contributed by atoms with Crippen LogP contribution in [0.5, 0.6) is 11.5 Å². The number of nitrogens with zero attached hydrogens (tertiary/aromatic N) is 2. The quantitative estimate of drug-likeness (QED) is 0.283. The molecule has 11 heteroatoms. The first kappa shape index (κ1) is 23.5. The first-order valence-corrected chi connectivity index (χ1v) is 11.6. The fourth-order valence-corrected chi connectivity index (χ4v) is 4.93. The number of ketones is 1. The fourth-order valence-electron chi connectivity index (χ4n) is 3.39. The van der Waals surface area contributed by atoms with E-state index in [4.69, 9.17) is 9.47 Å². The number of hydrogen-bond acceptors (Lipinski definition) is 7. The molecule has 3 aromatic rings. The van der Waals surface area contributed by atoms with E-state index in [1.165, 1.54) is 58.9 Å². The molecule has 0 bridgehead atoms. The third-order valence-corrected chi connectivity index (χ3v) is 7.10. The number of hydrogen-bond donors (Lipinski definition) is 0. The Morgan fingerprint density at radius 2 is 1.56 bits per heavy atom. The van der Waals surface area contributed by atoms with E-state index in [2.05, 4.69) is 0 Å². The normalized spacial score (nSPS) is 14.5. The molecule has 1 fully saturated rings. The third-order valence-electron chi connectivity index (χ3n) is 5.18. The van der Waals surface area contributed by atoms with Gasteiger partial charge in [0, 0.05) is 36.3 Å². The number of rotatable bonds is 7. The summed E-state index contributed by atoms with van der Waals surface area (Å²) in [5.41, 5.74) is 0.243. The van der Waals surface area contributed by atoms with E-state index in [-0.39, 0.29) is 54.2 Å². The Morgan fingerprint density at radius 3 is 2.15 bits per heavy atom. The maximum absolute atomic E-state index is 13.2. The van der Waals surface area contributed by atoms with Gasteiger partial charge < -0.3 is 9.47 Å². The molecule has 34 heavy (non-hydrogen) atoms. The molecule has 0 spiro atoms. The molecule has 4 rings (SSSR count). The van der Waals surface area contributed by atoms with Crippen molar-refractivity contribution in [3.63, 3.8) is 0 Å². The smallest absolute Gasteiger partial charge is 0.271 e. The third kappa shape index (κ3) is 4.96. The second kappa shape index (κ2) is 9.67. The van der Waals surface area contributed by atoms with Gasteiger partial charge in [-0.15, -0.1) is 0 Å². The number of carbonyl (C=O) groups is 1. The summed E-state index contributed by atoms with van der Waals surface area (Å²) in [6.07, 6.45) is 0. The summed E-state index contributed by atoms with van der Waals surface area (Å²) in [5, 5.41) is 11.2. The van der Waals surface area contributed by atoms with Crippen molar-refractivity contribution in [3.05, 3.63) is 93.8 Å². The van der Waals surface area contributed by atoms with E-state index < -0.39 is 20.8 Å². The molecule has 1 saturated heterocycles. The van der Waals surface area contributed by atoms with Crippen LogP contribution >= 0.6 is 0 Å². The molecule has 0 radical (unpaired) electrons. The molecular formula is C23H19FN2O7S. The zero-order valence-corrected chi connectivity index (χ0v) is 18.5. The topological polar surface area (TPSA) is 116 Å². The van der Waals surface area contributed by atoms with Crippen molar-refractivity contribution in [1.82, 2.24) is 4.31 Å². The Morgan fingerprint density at radius 1 is 0.971 bits per heavy atom. The molecule has 0 N–H and O–H groups in total. The molecule has 1 aliphatic heterocycles. The van der Waals surface area contributed by atoms with E-state index >= 15 is 0 Å². The van der Waals surface area contributed by atoms with Crippen molar-refractivity contribution in [2.45, 2.75) is 4.90 Å². The van der Waals surface area contributed by atoms with Crippen LogP contribution in [-0.4, -0.2) is 49.7 Å². The fraction of sp³-hybridized carbons (Fsp3) is 0.174. The van der Waals surface area contributed by atoms with Gasteiger partial charge in [-0.3, -0.25) is 14.9 Å². The van der Waals surface area contributed by atoms with Crippen LogP contribution in [-0.2, 0) is 14.8 Å². The number of halogens is 1. The molecule has 0 atom stereocenters. The lowest BCUT2D eigenvalue weighted by molar-refractivity contribution is -0.385. The number of nitro benzene ring substituents is 1. The second-order valence-electron chi connectivity index (χ2n) is 7.37. The summed E-state index contributed by atoms with van der Waals surface area (Å²) in [6, 6.07) is 14.4. The molecular weight excluding hydrogens is 467 g/mol. The Hall–Kier alpha value is -3.67. The lowest BCUT2D eigenvalue weighted by atomic mass is 10.0. The summed E-state index contributed by atoms with van der Waals surface area (Å²) >= 11 is 0. The minimum atomic E-state index is -4.09. The van der Waals surface area contributed by atoms with Crippen molar-refractivity contribution >= 4 is 21.5 Å². The average molecular weight is 486 g/mol. The Labute approximate surface area is 194 Å². The molecule has 0 aromatic heterocycles. The Bertz CT molecular complexity index is 1320. The number of non-ortho nitro benzene ring substituents is 1. The summed E-state index contributed by atoms with van der Waals surface area (Å²) in [6.45, 7) is 0.664. The monoisotopic (exact) mass is 486 g/mol. The van der Waals surface area contributed by atoms with Gasteiger partial charge in [0.15, 0.2) is 5.78 Å². The molecule has 1 heterocycles. The summed E-state index contributed by atoms with van der Waals surface area (Å²) in [5.74, 6) is -0.638. The van der Waals surface area contributed by atoms with E-state index in [0.717, 1.165) is 12.1 Å². The largest absolute Gasteiger partial charge is 0.456 e. The van der Waals surface area contributed by atoms with E-state index in [0.29, 0.717) is 11.1 Å². The molecule has 3 aromatic carbocycles. The SMILES string of the molecule is O=C(c1ccc(F)cc1)c1ccc(Oc2ccc([N+](=O)[O-])cc2S(=O)(=O)N2CCOCC2)cc1. The zero-order chi connectivity index (χ0) is 24.3. The van der Waals surface area contributed by atoms with Crippen LogP contribution < -0.4 is 4.74 Å². The van der Waals surface area contributed by atoms with Crippen LogP contribution in [0.2, 0.25) is 0 Å². The van der Waals surface area contributed by atoms with Crippen LogP contribution in [0.3, 0.4) is 0 Å². The predicted molar refractivity (Wildman–Crippen MR) is 119 cm³/mol. The number of sulfonamides is 1. The molecule has 9 nitrogen and oxygen atoms in total. The standard InChI is InChI=1S/C23H19FN2O7S/c24-18-5-1-16(2-6-18)23(27)17-3-8-20(9-4-17)33-21-10-7-19(26(28)29)15-22(21)34(30,31)25-11-13-32-14-12-25/h1-10,15H,11-14H2. The Balaban J connectivity index is 1.62.